The van der Waals surface area contributed by atoms with Gasteiger partial charge < -0.3 is 15.5 Å². The number of nitrogens with one attached hydrogen (secondary N) is 2. The van der Waals surface area contributed by atoms with Gasteiger partial charge in [0.1, 0.15) is 12.1 Å². The van der Waals surface area contributed by atoms with Gasteiger partial charge in [-0.15, -0.1) is 0 Å². The van der Waals surface area contributed by atoms with Gasteiger partial charge >= 0.3 is 6.03 Å². The first-order valence-electron chi connectivity index (χ1n) is 9.70. The molecular formula is C18H30N4O3. The van der Waals surface area contributed by atoms with Crippen LogP contribution in [0.5, 0.6) is 0 Å². The van der Waals surface area contributed by atoms with Crippen molar-refractivity contribution in [3.8, 4) is 0 Å². The van der Waals surface area contributed by atoms with Gasteiger partial charge in [0.25, 0.3) is 5.91 Å². The van der Waals surface area contributed by atoms with Crippen LogP contribution < -0.4 is 10.6 Å². The van der Waals surface area contributed by atoms with E-state index in [0.717, 1.165) is 63.1 Å². The molecule has 2 saturated heterocycles. The predicted octanol–water partition coefficient (Wildman–Crippen LogP) is 1.23. The molecule has 1 saturated carbocycles. The zero-order valence-corrected chi connectivity index (χ0v) is 15.2. The topological polar surface area (TPSA) is 81.8 Å². The van der Waals surface area contributed by atoms with Crippen molar-refractivity contribution >= 4 is 17.8 Å². The van der Waals surface area contributed by atoms with E-state index in [0.29, 0.717) is 12.8 Å². The molecule has 3 rings (SSSR count). The lowest BCUT2D eigenvalue weighted by Crippen LogP contribution is -2.50. The maximum absolute atomic E-state index is 12.7. The van der Waals surface area contributed by atoms with Gasteiger partial charge in [-0.2, -0.15) is 0 Å². The van der Waals surface area contributed by atoms with Gasteiger partial charge in [0, 0.05) is 19.1 Å². The van der Waals surface area contributed by atoms with Crippen molar-refractivity contribution in [2.24, 2.45) is 0 Å². The molecule has 2 heterocycles. The third-order valence-corrected chi connectivity index (χ3v) is 5.75. The van der Waals surface area contributed by atoms with Crippen LogP contribution in [0.4, 0.5) is 4.79 Å². The number of carbonyl (C=O) groups is 3. The summed E-state index contributed by atoms with van der Waals surface area (Å²) in [6.07, 6.45) is 7.36. The number of likely N-dealkylation sites (tertiary alicyclic amines) is 1. The van der Waals surface area contributed by atoms with E-state index in [-0.39, 0.29) is 24.4 Å². The van der Waals surface area contributed by atoms with Crippen LogP contribution in [0.25, 0.3) is 0 Å². The molecule has 0 aromatic carbocycles. The summed E-state index contributed by atoms with van der Waals surface area (Å²) in [6.45, 7) is 5.09. The first kappa shape index (κ1) is 18.2. The molecule has 3 fully saturated rings. The smallest absolute Gasteiger partial charge is 0.325 e. The highest BCUT2D eigenvalue weighted by Gasteiger charge is 2.51. The summed E-state index contributed by atoms with van der Waals surface area (Å²) < 4.78 is 0. The molecule has 2 N–H and O–H groups in total. The van der Waals surface area contributed by atoms with Crippen molar-refractivity contribution in [2.45, 2.75) is 69.9 Å². The summed E-state index contributed by atoms with van der Waals surface area (Å²) in [7, 11) is 0. The third kappa shape index (κ3) is 3.97. The van der Waals surface area contributed by atoms with Crippen molar-refractivity contribution in [3.63, 3.8) is 0 Å². The van der Waals surface area contributed by atoms with E-state index in [9.17, 15) is 14.4 Å². The molecule has 7 nitrogen and oxygen atoms in total. The molecule has 25 heavy (non-hydrogen) atoms. The fraction of sp³-hybridized carbons (Fsp3) is 0.833. The van der Waals surface area contributed by atoms with Crippen molar-refractivity contribution in [1.82, 2.24) is 20.4 Å². The van der Waals surface area contributed by atoms with Gasteiger partial charge in [0.2, 0.25) is 5.91 Å². The highest BCUT2D eigenvalue weighted by Crippen LogP contribution is 2.33. The standard InChI is InChI=1S/C18H30N4O3/c1-2-10-21-11-6-14(7-12-21)19-15(23)13-22-16(24)18(20-17(22)25)8-4-3-5-9-18/h14H,2-13H2,1H3,(H,19,23)(H,20,25). The highest BCUT2D eigenvalue weighted by atomic mass is 16.2. The van der Waals surface area contributed by atoms with Crippen LogP contribution in [0.2, 0.25) is 0 Å². The van der Waals surface area contributed by atoms with Crippen molar-refractivity contribution in [2.75, 3.05) is 26.2 Å². The summed E-state index contributed by atoms with van der Waals surface area (Å²) in [6, 6.07) is -0.273. The summed E-state index contributed by atoms with van der Waals surface area (Å²) in [5.74, 6) is -0.449. The van der Waals surface area contributed by atoms with E-state index in [2.05, 4.69) is 22.5 Å². The van der Waals surface area contributed by atoms with E-state index in [4.69, 9.17) is 0 Å². The summed E-state index contributed by atoms with van der Waals surface area (Å²) >= 11 is 0. The SMILES string of the molecule is CCCN1CCC(NC(=O)CN2C(=O)NC3(CCCCC3)C2=O)CC1. The largest absolute Gasteiger partial charge is 0.352 e. The Bertz CT molecular complexity index is 522. The lowest BCUT2D eigenvalue weighted by atomic mass is 9.82. The molecule has 140 valence electrons. The molecule has 1 aliphatic carbocycles. The molecule has 0 aromatic rings. The number of carbonyl (C=O) groups excluding carboxylic acids is 3. The summed E-state index contributed by atoms with van der Waals surface area (Å²) in [5, 5.41) is 5.85. The Morgan fingerprint density at radius 2 is 1.88 bits per heavy atom. The number of urea groups is 1. The van der Waals surface area contributed by atoms with E-state index in [1.54, 1.807) is 0 Å². The van der Waals surface area contributed by atoms with Crippen LogP contribution in [0.3, 0.4) is 0 Å². The van der Waals surface area contributed by atoms with Gasteiger partial charge in [-0.05, 0) is 38.6 Å². The summed E-state index contributed by atoms with van der Waals surface area (Å²) in [4.78, 5) is 40.8. The zero-order chi connectivity index (χ0) is 17.9. The lowest BCUT2D eigenvalue weighted by molar-refractivity contribution is -0.136. The molecule has 0 atom stereocenters. The quantitative estimate of drug-likeness (QED) is 0.731. The molecule has 0 radical (unpaired) electrons. The Morgan fingerprint density at radius 1 is 1.20 bits per heavy atom. The minimum Gasteiger partial charge on any atom is -0.352 e. The molecule has 0 bridgehead atoms. The highest BCUT2D eigenvalue weighted by molar-refractivity contribution is 6.09. The van der Waals surface area contributed by atoms with E-state index in [1.165, 1.54) is 0 Å². The number of imide groups is 1. The Hall–Kier alpha value is -1.63. The molecule has 3 aliphatic rings. The second kappa shape index (κ2) is 7.72. The van der Waals surface area contributed by atoms with E-state index in [1.807, 2.05) is 0 Å². The summed E-state index contributed by atoms with van der Waals surface area (Å²) in [5.41, 5.74) is -0.749. The molecular weight excluding hydrogens is 320 g/mol. The fourth-order valence-electron chi connectivity index (χ4n) is 4.35. The van der Waals surface area contributed by atoms with E-state index < -0.39 is 11.6 Å². The molecule has 0 aromatic heterocycles. The monoisotopic (exact) mass is 350 g/mol. The van der Waals surface area contributed by atoms with Crippen LogP contribution in [-0.4, -0.2) is 65.4 Å². The maximum atomic E-state index is 12.7. The number of hydrogen-bond acceptors (Lipinski definition) is 4. The minimum atomic E-state index is -0.749. The normalized spacial score (nSPS) is 24.6. The Labute approximate surface area is 149 Å². The van der Waals surface area contributed by atoms with Crippen LogP contribution in [0, 0.1) is 0 Å². The average molecular weight is 350 g/mol. The Morgan fingerprint density at radius 3 is 2.52 bits per heavy atom. The molecule has 1 spiro atoms. The van der Waals surface area contributed by atoms with Crippen LogP contribution in [-0.2, 0) is 9.59 Å². The lowest BCUT2D eigenvalue weighted by Gasteiger charge is -2.32. The van der Waals surface area contributed by atoms with Gasteiger partial charge in [0.15, 0.2) is 0 Å². The number of amides is 4. The Balaban J connectivity index is 1.50. The van der Waals surface area contributed by atoms with Crippen LogP contribution in [0.1, 0.15) is 58.3 Å². The first-order valence-corrected chi connectivity index (χ1v) is 9.70. The van der Waals surface area contributed by atoms with Crippen molar-refractivity contribution in [1.29, 1.82) is 0 Å². The predicted molar refractivity (Wildman–Crippen MR) is 94.0 cm³/mol. The van der Waals surface area contributed by atoms with Gasteiger partial charge in [-0.3, -0.25) is 14.5 Å². The second-order valence-electron chi connectivity index (χ2n) is 7.65. The fourth-order valence-corrected chi connectivity index (χ4v) is 4.35. The molecule has 4 amide bonds. The Kier molecular flexibility index (Phi) is 5.61. The van der Waals surface area contributed by atoms with Gasteiger partial charge in [-0.25, -0.2) is 4.79 Å². The minimum absolute atomic E-state index is 0.144. The maximum Gasteiger partial charge on any atom is 0.325 e. The number of rotatable bonds is 5. The van der Waals surface area contributed by atoms with Gasteiger partial charge in [0.05, 0.1) is 0 Å². The number of hydrogen-bond donors (Lipinski definition) is 2. The molecule has 7 heteroatoms. The van der Waals surface area contributed by atoms with Crippen molar-refractivity contribution < 1.29 is 14.4 Å². The average Bonchev–Trinajstić information content (AvgIpc) is 2.82. The second-order valence-corrected chi connectivity index (χ2v) is 7.65. The zero-order valence-electron chi connectivity index (χ0n) is 15.2. The molecule has 2 aliphatic heterocycles. The third-order valence-electron chi connectivity index (χ3n) is 5.75. The van der Waals surface area contributed by atoms with Gasteiger partial charge in [-0.1, -0.05) is 26.2 Å². The number of nitrogens with zero attached hydrogens (tertiary/aromatic N) is 2. The molecule has 0 unspecified atom stereocenters. The first-order chi connectivity index (χ1) is 12.0. The van der Waals surface area contributed by atoms with Crippen molar-refractivity contribution in [3.05, 3.63) is 0 Å². The van der Waals surface area contributed by atoms with Crippen LogP contribution in [0.15, 0.2) is 0 Å². The van der Waals surface area contributed by atoms with Crippen LogP contribution >= 0.6 is 0 Å². The van der Waals surface area contributed by atoms with E-state index >= 15 is 0 Å². The number of piperidine rings is 1.